The highest BCUT2D eigenvalue weighted by Crippen LogP contribution is 2.24. The molecule has 0 saturated carbocycles. The van der Waals surface area contributed by atoms with Crippen molar-refractivity contribution in [1.29, 1.82) is 0 Å². The van der Waals surface area contributed by atoms with Crippen LogP contribution in [-0.2, 0) is 10.0 Å². The first-order chi connectivity index (χ1) is 12.8. The van der Waals surface area contributed by atoms with Crippen molar-refractivity contribution in [3.05, 3.63) is 47.4 Å². The number of aryl methyl sites for hydroxylation is 1. The zero-order valence-corrected chi connectivity index (χ0v) is 15.3. The maximum atomic E-state index is 13.6. The molecule has 2 aromatic rings. The topological polar surface area (TPSA) is 110 Å². The SMILES string of the molecule is Cc1ccc(O[C@H]2CCCN(S(=O)(=O)c3ccc(F)c(C(=O)O)c3)C2)nn1. The molecule has 0 bridgehead atoms. The van der Waals surface area contributed by atoms with Gasteiger partial charge in [0.25, 0.3) is 0 Å². The molecule has 1 atom stereocenters. The van der Waals surface area contributed by atoms with Crippen LogP contribution < -0.4 is 4.74 Å². The van der Waals surface area contributed by atoms with E-state index in [1.165, 1.54) is 4.31 Å². The van der Waals surface area contributed by atoms with Gasteiger partial charge in [-0.25, -0.2) is 17.6 Å². The van der Waals surface area contributed by atoms with E-state index in [4.69, 9.17) is 9.84 Å². The van der Waals surface area contributed by atoms with E-state index in [0.717, 1.165) is 23.9 Å². The molecule has 27 heavy (non-hydrogen) atoms. The van der Waals surface area contributed by atoms with Gasteiger partial charge in [0.15, 0.2) is 0 Å². The zero-order valence-electron chi connectivity index (χ0n) is 14.5. The third-order valence-corrected chi connectivity index (χ3v) is 6.07. The summed E-state index contributed by atoms with van der Waals surface area (Å²) in [6, 6.07) is 6.15. The molecule has 2 heterocycles. The van der Waals surface area contributed by atoms with Gasteiger partial charge in [-0.15, -0.1) is 5.10 Å². The predicted octanol–water partition coefficient (Wildman–Crippen LogP) is 1.85. The molecule has 1 aliphatic rings. The number of sulfonamides is 1. The number of halogens is 1. The monoisotopic (exact) mass is 395 g/mol. The van der Waals surface area contributed by atoms with E-state index in [-0.39, 0.29) is 18.0 Å². The molecule has 1 aromatic carbocycles. The molecule has 0 aliphatic carbocycles. The molecule has 1 aliphatic heterocycles. The van der Waals surface area contributed by atoms with Crippen LogP contribution in [-0.4, -0.2) is 53.2 Å². The van der Waals surface area contributed by atoms with Crippen LogP contribution in [0.15, 0.2) is 35.2 Å². The van der Waals surface area contributed by atoms with Crippen LogP contribution >= 0.6 is 0 Å². The molecular weight excluding hydrogens is 377 g/mol. The fraction of sp³-hybridized carbons (Fsp3) is 0.353. The van der Waals surface area contributed by atoms with E-state index >= 15 is 0 Å². The van der Waals surface area contributed by atoms with Crippen LogP contribution in [0, 0.1) is 12.7 Å². The second-order valence-electron chi connectivity index (χ2n) is 6.20. The number of carboxylic acids is 1. The highest BCUT2D eigenvalue weighted by molar-refractivity contribution is 7.89. The van der Waals surface area contributed by atoms with Gasteiger partial charge in [-0.2, -0.15) is 9.40 Å². The van der Waals surface area contributed by atoms with Gasteiger partial charge in [-0.05, 0) is 44.0 Å². The van der Waals surface area contributed by atoms with E-state index in [9.17, 15) is 17.6 Å². The van der Waals surface area contributed by atoms with Gasteiger partial charge in [0.05, 0.1) is 22.7 Å². The lowest BCUT2D eigenvalue weighted by atomic mass is 10.1. The predicted molar refractivity (Wildman–Crippen MR) is 92.5 cm³/mol. The number of benzene rings is 1. The van der Waals surface area contributed by atoms with Crippen molar-refractivity contribution in [2.45, 2.75) is 30.8 Å². The molecule has 0 unspecified atom stereocenters. The number of nitrogens with zero attached hydrogens (tertiary/aromatic N) is 3. The summed E-state index contributed by atoms with van der Waals surface area (Å²) in [7, 11) is -3.98. The molecule has 1 N–H and O–H groups in total. The Balaban J connectivity index is 1.79. The maximum Gasteiger partial charge on any atom is 0.338 e. The molecule has 8 nitrogen and oxygen atoms in total. The highest BCUT2D eigenvalue weighted by Gasteiger charge is 2.32. The summed E-state index contributed by atoms with van der Waals surface area (Å²) in [4.78, 5) is 10.8. The minimum atomic E-state index is -3.98. The van der Waals surface area contributed by atoms with E-state index in [2.05, 4.69) is 10.2 Å². The van der Waals surface area contributed by atoms with E-state index in [1.54, 1.807) is 19.1 Å². The van der Waals surface area contributed by atoms with Crippen molar-refractivity contribution in [2.24, 2.45) is 0 Å². The highest BCUT2D eigenvalue weighted by atomic mass is 32.2. The number of hydrogen-bond acceptors (Lipinski definition) is 6. The van der Waals surface area contributed by atoms with Gasteiger partial charge >= 0.3 is 5.97 Å². The Hall–Kier alpha value is -2.59. The summed E-state index contributed by atoms with van der Waals surface area (Å²) in [5.74, 6) is -2.21. The first kappa shape index (κ1) is 19.2. The molecule has 3 rings (SSSR count). The average Bonchev–Trinajstić information content (AvgIpc) is 2.64. The summed E-state index contributed by atoms with van der Waals surface area (Å²) in [6.07, 6.45) is 0.798. The number of aromatic nitrogens is 2. The summed E-state index contributed by atoms with van der Waals surface area (Å²) in [5, 5.41) is 16.8. The smallest absolute Gasteiger partial charge is 0.338 e. The summed E-state index contributed by atoms with van der Waals surface area (Å²) in [6.45, 7) is 2.14. The van der Waals surface area contributed by atoms with Gasteiger partial charge < -0.3 is 9.84 Å². The first-order valence-electron chi connectivity index (χ1n) is 8.27. The Morgan fingerprint density at radius 2 is 2.07 bits per heavy atom. The van der Waals surface area contributed by atoms with Crippen molar-refractivity contribution in [2.75, 3.05) is 13.1 Å². The molecule has 144 valence electrons. The first-order valence-corrected chi connectivity index (χ1v) is 9.71. The third-order valence-electron chi connectivity index (χ3n) is 4.21. The molecule has 1 fully saturated rings. The van der Waals surface area contributed by atoms with Crippen LogP contribution in [0.4, 0.5) is 4.39 Å². The summed E-state index contributed by atoms with van der Waals surface area (Å²) < 4.78 is 46.2. The number of aromatic carboxylic acids is 1. The van der Waals surface area contributed by atoms with Crippen LogP contribution in [0.5, 0.6) is 5.88 Å². The van der Waals surface area contributed by atoms with E-state index in [1.807, 2.05) is 0 Å². The van der Waals surface area contributed by atoms with Crippen LogP contribution in [0.1, 0.15) is 28.9 Å². The normalized spacial score (nSPS) is 18.2. The molecule has 1 saturated heterocycles. The van der Waals surface area contributed by atoms with Gasteiger partial charge in [0, 0.05) is 12.6 Å². The number of carbonyl (C=O) groups is 1. The Bertz CT molecular complexity index is 950. The van der Waals surface area contributed by atoms with Gasteiger partial charge in [-0.1, -0.05) is 0 Å². The Labute approximate surface area is 155 Å². The average molecular weight is 395 g/mol. The Kier molecular flexibility index (Phi) is 5.38. The lowest BCUT2D eigenvalue weighted by molar-refractivity contribution is 0.0691. The van der Waals surface area contributed by atoms with Crippen molar-refractivity contribution in [3.8, 4) is 5.88 Å². The van der Waals surface area contributed by atoms with E-state index < -0.39 is 33.5 Å². The van der Waals surface area contributed by atoms with Crippen molar-refractivity contribution < 1.29 is 27.4 Å². The Morgan fingerprint density at radius 1 is 1.30 bits per heavy atom. The van der Waals surface area contributed by atoms with Gasteiger partial charge in [0.1, 0.15) is 11.9 Å². The molecular formula is C17H18FN3O5S. The van der Waals surface area contributed by atoms with Crippen molar-refractivity contribution in [1.82, 2.24) is 14.5 Å². The summed E-state index contributed by atoms with van der Waals surface area (Å²) in [5.41, 5.74) is 0.0524. The maximum absolute atomic E-state index is 13.6. The fourth-order valence-electron chi connectivity index (χ4n) is 2.82. The minimum absolute atomic E-state index is 0.0810. The zero-order chi connectivity index (χ0) is 19.6. The second kappa shape index (κ2) is 7.57. The second-order valence-corrected chi connectivity index (χ2v) is 8.14. The standard InChI is InChI=1S/C17H18FN3O5S/c1-11-4-7-16(20-19-11)26-12-3-2-8-21(10-12)27(24,25)13-5-6-15(18)14(9-13)17(22)23/h4-7,9,12H,2-3,8,10H2,1H3,(H,22,23)/t12-/m0/s1. The summed E-state index contributed by atoms with van der Waals surface area (Å²) >= 11 is 0. The lowest BCUT2D eigenvalue weighted by Gasteiger charge is -2.31. The van der Waals surface area contributed by atoms with Gasteiger partial charge in [-0.3, -0.25) is 0 Å². The Morgan fingerprint density at radius 3 is 2.74 bits per heavy atom. The number of carboxylic acid groups (broad SMARTS) is 1. The molecule has 0 spiro atoms. The number of piperidine rings is 1. The largest absolute Gasteiger partial charge is 0.478 e. The number of ether oxygens (including phenoxy) is 1. The third kappa shape index (κ3) is 4.22. The van der Waals surface area contributed by atoms with Crippen molar-refractivity contribution >= 4 is 16.0 Å². The molecule has 0 amide bonds. The lowest BCUT2D eigenvalue weighted by Crippen LogP contribution is -2.44. The molecule has 1 aromatic heterocycles. The van der Waals surface area contributed by atoms with Gasteiger partial charge in [0.2, 0.25) is 15.9 Å². The molecule has 10 heteroatoms. The van der Waals surface area contributed by atoms with Crippen LogP contribution in [0.25, 0.3) is 0 Å². The van der Waals surface area contributed by atoms with Crippen LogP contribution in [0.2, 0.25) is 0 Å². The number of hydrogen-bond donors (Lipinski definition) is 1. The minimum Gasteiger partial charge on any atom is -0.478 e. The quantitative estimate of drug-likeness (QED) is 0.823. The molecule has 0 radical (unpaired) electrons. The fourth-order valence-corrected chi connectivity index (χ4v) is 4.35. The number of rotatable bonds is 5. The van der Waals surface area contributed by atoms with Crippen LogP contribution in [0.3, 0.4) is 0 Å². The van der Waals surface area contributed by atoms with Crippen molar-refractivity contribution in [3.63, 3.8) is 0 Å². The van der Waals surface area contributed by atoms with E-state index in [0.29, 0.717) is 18.7 Å².